The number of rotatable bonds is 6. The maximum absolute atomic E-state index is 12.2. The minimum Gasteiger partial charge on any atom is -0.354 e. The van der Waals surface area contributed by atoms with Crippen molar-refractivity contribution in [1.82, 2.24) is 9.97 Å². The number of carbonyl (C=O) groups excluding carboxylic acids is 1. The summed E-state index contributed by atoms with van der Waals surface area (Å²) in [7, 11) is 0. The van der Waals surface area contributed by atoms with Crippen molar-refractivity contribution >= 4 is 40.9 Å². The second-order valence-corrected chi connectivity index (χ2v) is 8.20. The molecule has 1 aliphatic heterocycles. The molecular weight excluding hydrogens is 364 g/mol. The van der Waals surface area contributed by atoms with Crippen molar-refractivity contribution in [3.05, 3.63) is 36.7 Å². The molecule has 1 saturated heterocycles. The van der Waals surface area contributed by atoms with Gasteiger partial charge in [-0.2, -0.15) is 0 Å². The first-order valence-corrected chi connectivity index (χ1v) is 11.0. The summed E-state index contributed by atoms with van der Waals surface area (Å²) in [4.78, 5) is 24.4. The molecule has 1 aliphatic rings. The van der Waals surface area contributed by atoms with E-state index >= 15 is 0 Å². The first-order valence-electron chi connectivity index (χ1n) is 8.81. The molecule has 0 saturated carbocycles. The largest absolute Gasteiger partial charge is 0.354 e. The summed E-state index contributed by atoms with van der Waals surface area (Å²) < 4.78 is 0. The SMILES string of the molecule is CSc1cccc(NC(=O)CSc2cc(N3CCCC[C@H]3C)ncn2)c1. The van der Waals surface area contributed by atoms with Crippen molar-refractivity contribution in [2.24, 2.45) is 0 Å². The number of aromatic nitrogens is 2. The fraction of sp³-hybridized carbons (Fsp3) is 0.421. The van der Waals surface area contributed by atoms with Crippen LogP contribution < -0.4 is 10.2 Å². The Hall–Kier alpha value is -1.73. The van der Waals surface area contributed by atoms with Gasteiger partial charge in [0.05, 0.1) is 5.75 Å². The lowest BCUT2D eigenvalue weighted by Crippen LogP contribution is -2.38. The van der Waals surface area contributed by atoms with Crippen molar-refractivity contribution in [2.75, 3.05) is 28.8 Å². The Balaban J connectivity index is 1.57. The molecule has 1 aromatic heterocycles. The lowest BCUT2D eigenvalue weighted by molar-refractivity contribution is -0.113. The minimum absolute atomic E-state index is 0.0280. The van der Waals surface area contributed by atoms with Crippen molar-refractivity contribution in [2.45, 2.75) is 42.1 Å². The number of thioether (sulfide) groups is 2. The summed E-state index contributed by atoms with van der Waals surface area (Å²) in [5.41, 5.74) is 0.827. The third-order valence-corrected chi connectivity index (χ3v) is 6.08. The number of benzene rings is 1. The normalized spacial score (nSPS) is 17.2. The number of nitrogens with one attached hydrogen (secondary N) is 1. The molecule has 0 radical (unpaired) electrons. The van der Waals surface area contributed by atoms with E-state index in [1.165, 1.54) is 31.0 Å². The van der Waals surface area contributed by atoms with E-state index in [4.69, 9.17) is 0 Å². The van der Waals surface area contributed by atoms with Crippen LogP contribution >= 0.6 is 23.5 Å². The second-order valence-electron chi connectivity index (χ2n) is 6.32. The standard InChI is InChI=1S/C19H24N4OS2/c1-14-6-3-4-9-23(14)17-11-19(21-13-20-17)26-12-18(24)22-15-7-5-8-16(10-15)25-2/h5,7-8,10-11,13-14H,3-4,6,9,12H2,1-2H3,(H,22,24)/t14-/m1/s1. The van der Waals surface area contributed by atoms with Crippen LogP contribution in [0.25, 0.3) is 0 Å². The van der Waals surface area contributed by atoms with Gasteiger partial charge in [-0.25, -0.2) is 9.97 Å². The minimum atomic E-state index is -0.0280. The highest BCUT2D eigenvalue weighted by atomic mass is 32.2. The van der Waals surface area contributed by atoms with Crippen LogP contribution in [0, 0.1) is 0 Å². The van der Waals surface area contributed by atoms with Gasteiger partial charge in [0.1, 0.15) is 17.2 Å². The van der Waals surface area contributed by atoms with E-state index < -0.39 is 0 Å². The van der Waals surface area contributed by atoms with Crippen LogP contribution in [0.4, 0.5) is 11.5 Å². The van der Waals surface area contributed by atoms with Crippen molar-refractivity contribution in [3.8, 4) is 0 Å². The predicted octanol–water partition coefficient (Wildman–Crippen LogP) is 4.31. The molecule has 0 unspecified atom stereocenters. The zero-order valence-corrected chi connectivity index (χ0v) is 16.8. The molecule has 2 heterocycles. The smallest absolute Gasteiger partial charge is 0.234 e. The van der Waals surface area contributed by atoms with E-state index in [-0.39, 0.29) is 5.91 Å². The van der Waals surface area contributed by atoms with E-state index in [9.17, 15) is 4.79 Å². The Bertz CT molecular complexity index is 756. The topological polar surface area (TPSA) is 58.1 Å². The Kier molecular flexibility index (Phi) is 6.80. The number of carbonyl (C=O) groups is 1. The number of piperidine rings is 1. The average molecular weight is 389 g/mol. The van der Waals surface area contributed by atoms with Crippen LogP contribution in [0.5, 0.6) is 0 Å². The highest BCUT2D eigenvalue weighted by Gasteiger charge is 2.20. The van der Waals surface area contributed by atoms with E-state index in [0.29, 0.717) is 11.8 Å². The molecule has 5 nitrogen and oxygen atoms in total. The van der Waals surface area contributed by atoms with Crippen LogP contribution in [0.2, 0.25) is 0 Å². The Morgan fingerprint density at radius 2 is 2.19 bits per heavy atom. The van der Waals surface area contributed by atoms with E-state index in [1.54, 1.807) is 18.1 Å². The van der Waals surface area contributed by atoms with Crippen molar-refractivity contribution in [1.29, 1.82) is 0 Å². The zero-order valence-electron chi connectivity index (χ0n) is 15.1. The molecule has 3 rings (SSSR count). The van der Waals surface area contributed by atoms with Gasteiger partial charge in [-0.1, -0.05) is 17.8 Å². The molecular formula is C19H24N4OS2. The van der Waals surface area contributed by atoms with Gasteiger partial charge in [0, 0.05) is 29.2 Å². The van der Waals surface area contributed by atoms with Gasteiger partial charge in [-0.15, -0.1) is 11.8 Å². The Morgan fingerprint density at radius 1 is 1.31 bits per heavy atom. The fourth-order valence-corrected chi connectivity index (χ4v) is 4.16. The summed E-state index contributed by atoms with van der Waals surface area (Å²) in [5, 5.41) is 3.78. The van der Waals surface area contributed by atoms with Crippen LogP contribution in [0.15, 0.2) is 46.6 Å². The van der Waals surface area contributed by atoms with Crippen LogP contribution in [0.1, 0.15) is 26.2 Å². The molecule has 2 aromatic rings. The first-order chi connectivity index (χ1) is 12.7. The lowest BCUT2D eigenvalue weighted by atomic mass is 10.0. The van der Waals surface area contributed by atoms with E-state index in [0.717, 1.165) is 28.0 Å². The molecule has 1 fully saturated rings. The van der Waals surface area contributed by atoms with Crippen LogP contribution in [-0.4, -0.2) is 40.5 Å². The Labute approximate surface area is 163 Å². The lowest BCUT2D eigenvalue weighted by Gasteiger charge is -2.34. The monoisotopic (exact) mass is 388 g/mol. The summed E-state index contributed by atoms with van der Waals surface area (Å²) in [6.07, 6.45) is 7.30. The summed E-state index contributed by atoms with van der Waals surface area (Å²) in [6.45, 7) is 3.28. The zero-order chi connectivity index (χ0) is 18.4. The van der Waals surface area contributed by atoms with Crippen molar-refractivity contribution < 1.29 is 4.79 Å². The van der Waals surface area contributed by atoms with Crippen LogP contribution in [0.3, 0.4) is 0 Å². The molecule has 0 bridgehead atoms. The number of hydrogen-bond acceptors (Lipinski definition) is 6. The van der Waals surface area contributed by atoms with Gasteiger partial charge in [-0.3, -0.25) is 4.79 Å². The summed E-state index contributed by atoms with van der Waals surface area (Å²) >= 11 is 3.10. The molecule has 1 amide bonds. The fourth-order valence-electron chi connectivity index (χ4n) is 3.04. The maximum atomic E-state index is 12.2. The van der Waals surface area contributed by atoms with Gasteiger partial charge in [-0.05, 0) is 50.6 Å². The molecule has 1 atom stereocenters. The van der Waals surface area contributed by atoms with Crippen LogP contribution in [-0.2, 0) is 4.79 Å². The molecule has 7 heteroatoms. The molecule has 0 spiro atoms. The van der Waals surface area contributed by atoms with E-state index in [1.807, 2.05) is 36.6 Å². The number of hydrogen-bond donors (Lipinski definition) is 1. The summed E-state index contributed by atoms with van der Waals surface area (Å²) in [5.74, 6) is 1.26. The van der Waals surface area contributed by atoms with E-state index in [2.05, 4.69) is 27.1 Å². The Morgan fingerprint density at radius 3 is 3.00 bits per heavy atom. The molecule has 0 aliphatic carbocycles. The quantitative estimate of drug-likeness (QED) is 0.588. The average Bonchev–Trinajstić information content (AvgIpc) is 2.67. The number of amides is 1. The summed E-state index contributed by atoms with van der Waals surface area (Å²) in [6, 6.07) is 10.4. The number of anilines is 2. The highest BCUT2D eigenvalue weighted by molar-refractivity contribution is 8.00. The number of nitrogens with zero attached hydrogens (tertiary/aromatic N) is 3. The highest BCUT2D eigenvalue weighted by Crippen LogP contribution is 2.26. The van der Waals surface area contributed by atoms with Crippen molar-refractivity contribution in [3.63, 3.8) is 0 Å². The molecule has 26 heavy (non-hydrogen) atoms. The van der Waals surface area contributed by atoms with Gasteiger partial charge in [0.15, 0.2) is 0 Å². The van der Waals surface area contributed by atoms with Gasteiger partial charge in [0.25, 0.3) is 0 Å². The third-order valence-electron chi connectivity index (χ3n) is 4.43. The van der Waals surface area contributed by atoms with Gasteiger partial charge < -0.3 is 10.2 Å². The first kappa shape index (κ1) is 19.0. The third kappa shape index (κ3) is 5.14. The maximum Gasteiger partial charge on any atom is 0.234 e. The van der Waals surface area contributed by atoms with Gasteiger partial charge in [0.2, 0.25) is 5.91 Å². The van der Waals surface area contributed by atoms with Gasteiger partial charge >= 0.3 is 0 Å². The molecule has 1 N–H and O–H groups in total. The predicted molar refractivity (Wildman–Crippen MR) is 110 cm³/mol. The molecule has 138 valence electrons. The second kappa shape index (κ2) is 9.28. The molecule has 1 aromatic carbocycles.